The highest BCUT2D eigenvalue weighted by Gasteiger charge is 2.19. The van der Waals surface area contributed by atoms with Crippen LogP contribution in [0.5, 0.6) is 0 Å². The van der Waals surface area contributed by atoms with E-state index in [0.29, 0.717) is 5.92 Å². The minimum atomic E-state index is -0.0708. The third-order valence-electron chi connectivity index (χ3n) is 2.98. The van der Waals surface area contributed by atoms with Gasteiger partial charge >= 0.3 is 0 Å². The Morgan fingerprint density at radius 1 is 1.33 bits per heavy atom. The molecular weight excluding hydrogens is 209 g/mol. The summed E-state index contributed by atoms with van der Waals surface area (Å²) < 4.78 is 13.6. The van der Waals surface area contributed by atoms with E-state index in [1.807, 2.05) is 12.3 Å². The van der Waals surface area contributed by atoms with Gasteiger partial charge in [0.2, 0.25) is 0 Å². The van der Waals surface area contributed by atoms with E-state index < -0.39 is 0 Å². The van der Waals surface area contributed by atoms with E-state index in [4.69, 9.17) is 0 Å². The zero-order valence-electron chi connectivity index (χ0n) is 8.92. The molecule has 0 saturated carbocycles. The molecule has 0 amide bonds. The lowest BCUT2D eigenvalue weighted by molar-refractivity contribution is 0.452. The monoisotopic (exact) mass is 225 g/mol. The summed E-state index contributed by atoms with van der Waals surface area (Å²) >= 11 is 1.52. The predicted molar refractivity (Wildman–Crippen MR) is 63.0 cm³/mol. The average Bonchev–Trinajstić information content (AvgIpc) is 2.30. The smallest absolute Gasteiger partial charge is 0.137 e. The summed E-state index contributed by atoms with van der Waals surface area (Å²) in [5, 5.41) is 3.34. The first kappa shape index (κ1) is 11.0. The standard InChI is InChI=1S/C12H16FNS/c1-15-12-10(3-2-4-11(12)13)9-5-7-14-8-6-9/h2-4,9,14H,5-8H2,1H3. The molecule has 1 aromatic rings. The number of nitrogens with one attached hydrogen (secondary N) is 1. The van der Waals surface area contributed by atoms with Crippen LogP contribution >= 0.6 is 11.8 Å². The van der Waals surface area contributed by atoms with E-state index in [2.05, 4.69) is 11.4 Å². The van der Waals surface area contributed by atoms with Gasteiger partial charge in [0.1, 0.15) is 5.82 Å². The summed E-state index contributed by atoms with van der Waals surface area (Å²) in [4.78, 5) is 0.837. The van der Waals surface area contributed by atoms with Gasteiger partial charge in [0.05, 0.1) is 0 Å². The Morgan fingerprint density at radius 2 is 2.07 bits per heavy atom. The molecule has 0 unspecified atom stereocenters. The van der Waals surface area contributed by atoms with Gasteiger partial charge in [-0.05, 0) is 49.7 Å². The van der Waals surface area contributed by atoms with Crippen LogP contribution in [-0.2, 0) is 0 Å². The number of piperidine rings is 1. The molecule has 1 aromatic carbocycles. The Bertz CT molecular complexity index is 334. The molecule has 0 radical (unpaired) electrons. The lowest BCUT2D eigenvalue weighted by Crippen LogP contribution is -2.26. The van der Waals surface area contributed by atoms with Crippen molar-refractivity contribution in [1.29, 1.82) is 0 Å². The van der Waals surface area contributed by atoms with Crippen LogP contribution in [0.15, 0.2) is 23.1 Å². The second kappa shape index (κ2) is 4.99. The van der Waals surface area contributed by atoms with Gasteiger partial charge in [0.25, 0.3) is 0 Å². The number of hydrogen-bond donors (Lipinski definition) is 1. The number of rotatable bonds is 2. The van der Waals surface area contributed by atoms with Crippen molar-refractivity contribution in [2.24, 2.45) is 0 Å². The molecule has 82 valence electrons. The lowest BCUT2D eigenvalue weighted by Gasteiger charge is -2.24. The maximum absolute atomic E-state index is 13.6. The Kier molecular flexibility index (Phi) is 3.65. The van der Waals surface area contributed by atoms with Gasteiger partial charge in [-0.15, -0.1) is 11.8 Å². The highest BCUT2D eigenvalue weighted by atomic mass is 32.2. The van der Waals surface area contributed by atoms with E-state index in [9.17, 15) is 4.39 Å². The molecule has 2 rings (SSSR count). The summed E-state index contributed by atoms with van der Waals surface area (Å²) in [6.45, 7) is 2.10. The molecule has 0 atom stereocenters. The fraction of sp³-hybridized carbons (Fsp3) is 0.500. The summed E-state index contributed by atoms with van der Waals surface area (Å²) in [6, 6.07) is 5.45. The van der Waals surface area contributed by atoms with Gasteiger partial charge in [0.15, 0.2) is 0 Å². The Labute approximate surface area is 94.5 Å². The van der Waals surface area contributed by atoms with E-state index in [-0.39, 0.29) is 5.82 Å². The number of thioether (sulfide) groups is 1. The van der Waals surface area contributed by atoms with Gasteiger partial charge < -0.3 is 5.32 Å². The third-order valence-corrected chi connectivity index (χ3v) is 3.82. The normalized spacial score (nSPS) is 18.0. The van der Waals surface area contributed by atoms with Crippen molar-refractivity contribution < 1.29 is 4.39 Å². The Balaban J connectivity index is 2.29. The van der Waals surface area contributed by atoms with Crippen LogP contribution in [0.3, 0.4) is 0 Å². The topological polar surface area (TPSA) is 12.0 Å². The molecule has 0 aromatic heterocycles. The predicted octanol–water partition coefficient (Wildman–Crippen LogP) is 3.01. The van der Waals surface area contributed by atoms with Crippen LogP contribution in [0.1, 0.15) is 24.3 Å². The van der Waals surface area contributed by atoms with E-state index in [1.54, 1.807) is 6.07 Å². The maximum atomic E-state index is 13.6. The molecule has 1 N–H and O–H groups in total. The molecule has 1 fully saturated rings. The van der Waals surface area contributed by atoms with Crippen molar-refractivity contribution in [3.63, 3.8) is 0 Å². The van der Waals surface area contributed by atoms with E-state index >= 15 is 0 Å². The first-order valence-corrected chi connectivity index (χ1v) is 6.58. The van der Waals surface area contributed by atoms with Crippen LogP contribution in [0, 0.1) is 5.82 Å². The summed E-state index contributed by atoms with van der Waals surface area (Å²) in [5.74, 6) is 0.461. The maximum Gasteiger partial charge on any atom is 0.137 e. The molecular formula is C12H16FNS. The molecule has 1 nitrogen and oxygen atoms in total. The molecule has 0 aliphatic carbocycles. The molecule has 1 aliphatic heterocycles. The summed E-state index contributed by atoms with van der Waals surface area (Å²) in [7, 11) is 0. The minimum Gasteiger partial charge on any atom is -0.317 e. The molecule has 0 spiro atoms. The van der Waals surface area contributed by atoms with Crippen molar-refractivity contribution in [2.45, 2.75) is 23.7 Å². The molecule has 1 saturated heterocycles. The van der Waals surface area contributed by atoms with E-state index in [1.165, 1.54) is 17.3 Å². The second-order valence-electron chi connectivity index (χ2n) is 3.89. The summed E-state index contributed by atoms with van der Waals surface area (Å²) in [5.41, 5.74) is 1.20. The largest absolute Gasteiger partial charge is 0.317 e. The summed E-state index contributed by atoms with van der Waals surface area (Å²) in [6.07, 6.45) is 4.19. The average molecular weight is 225 g/mol. The number of hydrogen-bond acceptors (Lipinski definition) is 2. The molecule has 0 bridgehead atoms. The molecule has 1 aliphatic rings. The van der Waals surface area contributed by atoms with Gasteiger partial charge in [-0.25, -0.2) is 4.39 Å². The third kappa shape index (κ3) is 2.34. The van der Waals surface area contributed by atoms with Crippen molar-refractivity contribution >= 4 is 11.8 Å². The van der Waals surface area contributed by atoms with Crippen molar-refractivity contribution in [2.75, 3.05) is 19.3 Å². The zero-order valence-corrected chi connectivity index (χ0v) is 9.74. The Hall–Kier alpha value is -0.540. The number of benzene rings is 1. The molecule has 3 heteroatoms. The fourth-order valence-electron chi connectivity index (χ4n) is 2.20. The first-order chi connectivity index (χ1) is 7.33. The Morgan fingerprint density at radius 3 is 2.73 bits per heavy atom. The van der Waals surface area contributed by atoms with Crippen LogP contribution in [0.25, 0.3) is 0 Å². The molecule has 1 heterocycles. The van der Waals surface area contributed by atoms with Crippen molar-refractivity contribution in [3.05, 3.63) is 29.6 Å². The van der Waals surface area contributed by atoms with Gasteiger partial charge in [-0.1, -0.05) is 12.1 Å². The van der Waals surface area contributed by atoms with Crippen molar-refractivity contribution in [3.8, 4) is 0 Å². The lowest BCUT2D eigenvalue weighted by atomic mass is 9.90. The molecule has 15 heavy (non-hydrogen) atoms. The van der Waals surface area contributed by atoms with Crippen LogP contribution in [0.4, 0.5) is 4.39 Å². The van der Waals surface area contributed by atoms with Gasteiger partial charge in [-0.3, -0.25) is 0 Å². The minimum absolute atomic E-state index is 0.0708. The zero-order chi connectivity index (χ0) is 10.7. The van der Waals surface area contributed by atoms with Crippen LogP contribution in [0.2, 0.25) is 0 Å². The quantitative estimate of drug-likeness (QED) is 0.776. The highest BCUT2D eigenvalue weighted by molar-refractivity contribution is 7.98. The van der Waals surface area contributed by atoms with Crippen LogP contribution in [-0.4, -0.2) is 19.3 Å². The first-order valence-electron chi connectivity index (χ1n) is 5.36. The van der Waals surface area contributed by atoms with Gasteiger partial charge in [0, 0.05) is 4.90 Å². The SMILES string of the molecule is CSc1c(F)cccc1C1CCNCC1. The fourth-order valence-corrected chi connectivity index (χ4v) is 2.93. The van der Waals surface area contributed by atoms with Crippen molar-refractivity contribution in [1.82, 2.24) is 5.32 Å². The number of halogens is 1. The van der Waals surface area contributed by atoms with Gasteiger partial charge in [-0.2, -0.15) is 0 Å². The van der Waals surface area contributed by atoms with Crippen LogP contribution < -0.4 is 5.32 Å². The van der Waals surface area contributed by atoms with E-state index in [0.717, 1.165) is 30.8 Å². The second-order valence-corrected chi connectivity index (χ2v) is 4.70. The highest BCUT2D eigenvalue weighted by Crippen LogP contribution is 2.33.